The number of hydrogen-bond donors (Lipinski definition) is 4. The number of benzene rings is 2. The van der Waals surface area contributed by atoms with Crippen LogP contribution >= 0.6 is 0 Å². The molecule has 1 aliphatic carbocycles. The van der Waals surface area contributed by atoms with Crippen molar-refractivity contribution in [2.75, 3.05) is 25.6 Å². The number of methoxy groups -OCH3 is 1. The minimum absolute atomic E-state index is 0.0391. The second-order valence-electron chi connectivity index (χ2n) is 8.27. The highest BCUT2D eigenvalue weighted by atomic mass is 16.5. The van der Waals surface area contributed by atoms with E-state index in [1.165, 1.54) is 12.8 Å². The molecule has 3 aromatic rings. The van der Waals surface area contributed by atoms with Crippen LogP contribution in [0.5, 0.6) is 11.5 Å². The molecule has 0 spiro atoms. The number of carbonyl (C=O) groups is 1. The number of primary amides is 1. The topological polar surface area (TPSA) is 119 Å². The summed E-state index contributed by atoms with van der Waals surface area (Å²) >= 11 is 0. The van der Waals surface area contributed by atoms with E-state index in [9.17, 15) is 9.90 Å². The monoisotopic (exact) mass is 450 g/mol. The van der Waals surface area contributed by atoms with E-state index in [1.54, 1.807) is 13.3 Å². The van der Waals surface area contributed by atoms with Crippen LogP contribution in [0.2, 0.25) is 0 Å². The van der Waals surface area contributed by atoms with E-state index in [-0.39, 0.29) is 13.0 Å². The van der Waals surface area contributed by atoms with Crippen LogP contribution in [0.4, 0.5) is 11.4 Å². The molecule has 0 radical (unpaired) electrons. The van der Waals surface area contributed by atoms with Gasteiger partial charge >= 0.3 is 0 Å². The minimum Gasteiger partial charge on any atom is -0.493 e. The molecule has 8 heteroatoms. The Balaban J connectivity index is 1.72. The molecular formula is C25H30N4O4. The summed E-state index contributed by atoms with van der Waals surface area (Å²) in [5, 5.41) is 17.3. The molecule has 0 aliphatic heterocycles. The Labute approximate surface area is 193 Å². The van der Waals surface area contributed by atoms with Crippen molar-refractivity contribution in [2.45, 2.75) is 38.8 Å². The lowest BCUT2D eigenvalue weighted by atomic mass is 10.0. The standard InChI is InChI=1S/C25H30N4O4/c1-15-16(14-30)4-3-5-20(15)29-25-17(10-24(26)31)13-28-21-12-23(22(32-2)11-19(21)25)33-9-8-27-18-6-7-18/h3-5,11-13,18,27,30H,6-10,14H2,1-2H3,(H2,26,31)(H,28,29). The van der Waals surface area contributed by atoms with E-state index in [0.717, 1.165) is 34.4 Å². The van der Waals surface area contributed by atoms with Gasteiger partial charge in [0, 0.05) is 41.5 Å². The van der Waals surface area contributed by atoms with E-state index < -0.39 is 5.91 Å². The Morgan fingerprint density at radius 1 is 1.24 bits per heavy atom. The number of carbonyl (C=O) groups excluding carboxylic acids is 1. The second kappa shape index (κ2) is 10.1. The zero-order chi connectivity index (χ0) is 23.4. The van der Waals surface area contributed by atoms with Crippen molar-refractivity contribution in [3.8, 4) is 11.5 Å². The maximum atomic E-state index is 11.7. The summed E-state index contributed by atoms with van der Waals surface area (Å²) in [4.78, 5) is 16.3. The molecule has 0 unspecified atom stereocenters. The Bertz CT molecular complexity index is 1160. The van der Waals surface area contributed by atoms with Crippen LogP contribution < -0.4 is 25.8 Å². The van der Waals surface area contributed by atoms with E-state index in [4.69, 9.17) is 15.2 Å². The summed E-state index contributed by atoms with van der Waals surface area (Å²) in [5.41, 5.74) is 10.2. The zero-order valence-corrected chi connectivity index (χ0v) is 19.0. The zero-order valence-electron chi connectivity index (χ0n) is 19.0. The molecule has 33 heavy (non-hydrogen) atoms. The van der Waals surface area contributed by atoms with Crippen molar-refractivity contribution in [2.24, 2.45) is 5.73 Å². The summed E-state index contributed by atoms with van der Waals surface area (Å²) < 4.78 is 11.6. The summed E-state index contributed by atoms with van der Waals surface area (Å²) in [6.45, 7) is 3.17. The van der Waals surface area contributed by atoms with Crippen LogP contribution in [0.25, 0.3) is 10.9 Å². The number of pyridine rings is 1. The van der Waals surface area contributed by atoms with Gasteiger partial charge in [0.1, 0.15) is 6.61 Å². The minimum atomic E-state index is -0.449. The lowest BCUT2D eigenvalue weighted by Crippen LogP contribution is -2.22. The van der Waals surface area contributed by atoms with Gasteiger partial charge < -0.3 is 30.9 Å². The van der Waals surface area contributed by atoms with Crippen molar-refractivity contribution in [3.05, 3.63) is 53.2 Å². The number of anilines is 2. The Morgan fingerprint density at radius 2 is 2.06 bits per heavy atom. The number of hydrogen-bond acceptors (Lipinski definition) is 7. The number of nitrogens with zero attached hydrogens (tertiary/aromatic N) is 1. The molecule has 1 aromatic heterocycles. The summed E-state index contributed by atoms with van der Waals surface area (Å²) in [6, 6.07) is 10.0. The maximum absolute atomic E-state index is 11.7. The third-order valence-corrected chi connectivity index (χ3v) is 5.84. The number of ether oxygens (including phenoxy) is 2. The van der Waals surface area contributed by atoms with Crippen LogP contribution in [0, 0.1) is 6.92 Å². The van der Waals surface area contributed by atoms with E-state index >= 15 is 0 Å². The van der Waals surface area contributed by atoms with Crippen LogP contribution in [0.3, 0.4) is 0 Å². The molecule has 4 rings (SSSR count). The number of rotatable bonds is 11. The van der Waals surface area contributed by atoms with Gasteiger partial charge in [-0.05, 0) is 43.0 Å². The normalized spacial score (nSPS) is 13.2. The molecule has 1 heterocycles. The predicted molar refractivity (Wildman–Crippen MR) is 128 cm³/mol. The van der Waals surface area contributed by atoms with Gasteiger partial charge in [-0.15, -0.1) is 0 Å². The average molecular weight is 451 g/mol. The van der Waals surface area contributed by atoms with Crippen molar-refractivity contribution < 1.29 is 19.4 Å². The summed E-state index contributed by atoms with van der Waals surface area (Å²) in [6.07, 6.45) is 4.16. The molecular weight excluding hydrogens is 420 g/mol. The first kappa shape index (κ1) is 22.8. The predicted octanol–water partition coefficient (Wildman–Crippen LogP) is 2.95. The van der Waals surface area contributed by atoms with Gasteiger partial charge in [0.15, 0.2) is 11.5 Å². The molecule has 1 fully saturated rings. The van der Waals surface area contributed by atoms with Gasteiger partial charge in [0.05, 0.1) is 31.3 Å². The highest BCUT2D eigenvalue weighted by molar-refractivity contribution is 5.98. The second-order valence-corrected chi connectivity index (χ2v) is 8.27. The lowest BCUT2D eigenvalue weighted by molar-refractivity contribution is -0.117. The molecule has 1 aliphatic rings. The van der Waals surface area contributed by atoms with Gasteiger partial charge in [0.25, 0.3) is 0 Å². The van der Waals surface area contributed by atoms with Crippen molar-refractivity contribution in [1.82, 2.24) is 10.3 Å². The molecule has 0 bridgehead atoms. The number of aliphatic hydroxyl groups excluding tert-OH is 1. The molecule has 0 saturated heterocycles. The van der Waals surface area contributed by atoms with Crippen molar-refractivity contribution in [1.29, 1.82) is 0 Å². The van der Waals surface area contributed by atoms with Crippen molar-refractivity contribution >= 4 is 28.2 Å². The Hall–Kier alpha value is -3.36. The summed E-state index contributed by atoms with van der Waals surface area (Å²) in [7, 11) is 1.60. The fraction of sp³-hybridized carbons (Fsp3) is 0.360. The molecule has 1 amide bonds. The molecule has 8 nitrogen and oxygen atoms in total. The van der Waals surface area contributed by atoms with E-state index in [1.807, 2.05) is 37.3 Å². The molecule has 2 aromatic carbocycles. The van der Waals surface area contributed by atoms with Gasteiger partial charge in [0.2, 0.25) is 5.91 Å². The number of fused-ring (bicyclic) bond motifs is 1. The number of nitrogens with one attached hydrogen (secondary N) is 2. The molecule has 174 valence electrons. The summed E-state index contributed by atoms with van der Waals surface area (Å²) in [5.74, 6) is 0.744. The SMILES string of the molecule is COc1cc2c(Nc3cccc(CO)c3C)c(CC(N)=O)cnc2cc1OCCNC1CC1. The van der Waals surface area contributed by atoms with E-state index in [2.05, 4.69) is 15.6 Å². The Morgan fingerprint density at radius 3 is 2.76 bits per heavy atom. The third-order valence-electron chi connectivity index (χ3n) is 5.84. The van der Waals surface area contributed by atoms with E-state index in [0.29, 0.717) is 35.2 Å². The van der Waals surface area contributed by atoms with Gasteiger partial charge in [-0.2, -0.15) is 0 Å². The van der Waals surface area contributed by atoms with Gasteiger partial charge in [-0.3, -0.25) is 9.78 Å². The van der Waals surface area contributed by atoms with Crippen LogP contribution in [-0.2, 0) is 17.8 Å². The van der Waals surface area contributed by atoms with Gasteiger partial charge in [-0.25, -0.2) is 0 Å². The van der Waals surface area contributed by atoms with Crippen LogP contribution in [-0.4, -0.2) is 42.3 Å². The molecule has 5 N–H and O–H groups in total. The number of amides is 1. The number of aromatic nitrogens is 1. The highest BCUT2D eigenvalue weighted by Crippen LogP contribution is 2.38. The third kappa shape index (κ3) is 5.35. The first-order valence-corrected chi connectivity index (χ1v) is 11.1. The Kier molecular flexibility index (Phi) is 6.96. The smallest absolute Gasteiger partial charge is 0.221 e. The van der Waals surface area contributed by atoms with Gasteiger partial charge in [-0.1, -0.05) is 12.1 Å². The lowest BCUT2D eigenvalue weighted by Gasteiger charge is -2.19. The van der Waals surface area contributed by atoms with Crippen LogP contribution in [0.1, 0.15) is 29.5 Å². The highest BCUT2D eigenvalue weighted by Gasteiger charge is 2.20. The molecule has 1 saturated carbocycles. The quantitative estimate of drug-likeness (QED) is 0.332. The first-order valence-electron chi connectivity index (χ1n) is 11.1. The largest absolute Gasteiger partial charge is 0.493 e. The van der Waals surface area contributed by atoms with Crippen LogP contribution in [0.15, 0.2) is 36.5 Å². The number of nitrogens with two attached hydrogens (primary N) is 1. The average Bonchev–Trinajstić information content (AvgIpc) is 3.63. The number of aliphatic hydroxyl groups is 1. The maximum Gasteiger partial charge on any atom is 0.221 e. The van der Waals surface area contributed by atoms with Crippen molar-refractivity contribution in [3.63, 3.8) is 0 Å². The fourth-order valence-corrected chi connectivity index (χ4v) is 3.82. The first-order chi connectivity index (χ1) is 16.0. The molecule has 0 atom stereocenters. The fourth-order valence-electron chi connectivity index (χ4n) is 3.82.